The zero-order valence-electron chi connectivity index (χ0n) is 16.1. The smallest absolute Gasteiger partial charge is 0.274 e. The fourth-order valence-electron chi connectivity index (χ4n) is 3.81. The predicted molar refractivity (Wildman–Crippen MR) is 101 cm³/mol. The van der Waals surface area contributed by atoms with Crippen molar-refractivity contribution in [2.75, 3.05) is 31.2 Å². The molecule has 0 aliphatic carbocycles. The van der Waals surface area contributed by atoms with E-state index in [0.29, 0.717) is 5.56 Å². The molecular formula is C20H17F2N5O4. The first-order valence-electron chi connectivity index (χ1n) is 9.49. The highest BCUT2D eigenvalue weighted by molar-refractivity contribution is 5.93. The summed E-state index contributed by atoms with van der Waals surface area (Å²) in [4.78, 5) is 22.0. The van der Waals surface area contributed by atoms with Gasteiger partial charge in [-0.2, -0.15) is 4.98 Å². The number of benzene rings is 1. The number of halogens is 2. The molecule has 2 saturated heterocycles. The minimum Gasteiger partial charge on any atom is -0.380 e. The van der Waals surface area contributed by atoms with Crippen LogP contribution in [0.15, 0.2) is 35.1 Å². The maximum Gasteiger partial charge on any atom is 0.274 e. The topological polar surface area (TPSA) is 114 Å². The number of hydrogen-bond acceptors (Lipinski definition) is 8. The van der Waals surface area contributed by atoms with Crippen molar-refractivity contribution in [2.24, 2.45) is 5.41 Å². The van der Waals surface area contributed by atoms with E-state index in [1.54, 1.807) is 12.4 Å². The van der Waals surface area contributed by atoms with E-state index in [1.165, 1.54) is 5.48 Å². The van der Waals surface area contributed by atoms with Gasteiger partial charge in [-0.15, -0.1) is 0 Å². The molecule has 2 aliphatic rings. The molecule has 0 bridgehead atoms. The Morgan fingerprint density at radius 2 is 1.94 bits per heavy atom. The minimum atomic E-state index is -1.02. The number of anilines is 1. The lowest BCUT2D eigenvalue weighted by Crippen LogP contribution is -2.66. The predicted octanol–water partition coefficient (Wildman–Crippen LogP) is 1.96. The monoisotopic (exact) mass is 429 g/mol. The normalized spacial score (nSPS) is 16.7. The number of aromatic nitrogens is 3. The number of hydrogen-bond donors (Lipinski definition) is 2. The lowest BCUT2D eigenvalue weighted by Gasteiger charge is -2.55. The number of nitrogens with zero attached hydrogens (tertiary/aromatic N) is 4. The Morgan fingerprint density at radius 1 is 1.19 bits per heavy atom. The SMILES string of the molecule is O=C(NO)c1cc(F)c(Cc2noc(-c3cncc(N4CC5(COC5)C4)c3)n2)c(F)c1. The van der Waals surface area contributed by atoms with Gasteiger partial charge in [-0.1, -0.05) is 5.16 Å². The fourth-order valence-corrected chi connectivity index (χ4v) is 3.81. The maximum atomic E-state index is 14.3. The van der Waals surface area contributed by atoms with Crippen molar-refractivity contribution < 1.29 is 28.0 Å². The fraction of sp³-hybridized carbons (Fsp3) is 0.300. The third-order valence-electron chi connectivity index (χ3n) is 5.51. The molecule has 0 saturated carbocycles. The van der Waals surface area contributed by atoms with Gasteiger partial charge in [0.25, 0.3) is 11.8 Å². The van der Waals surface area contributed by atoms with Crippen molar-refractivity contribution >= 4 is 11.6 Å². The Kier molecular flexibility index (Phi) is 4.63. The second kappa shape index (κ2) is 7.36. The molecule has 160 valence electrons. The van der Waals surface area contributed by atoms with Gasteiger partial charge in [-0.3, -0.25) is 15.0 Å². The van der Waals surface area contributed by atoms with Gasteiger partial charge in [-0.25, -0.2) is 14.3 Å². The standard InChI is InChI=1S/C20H17F2N5O4/c21-15-2-11(18(28)25-29)3-16(22)14(15)4-17-24-19(31-26-17)12-1-13(6-23-5-12)27-7-20(8-27)9-30-10-20/h1-3,5-6,29H,4,7-10H2,(H,25,28). The van der Waals surface area contributed by atoms with Crippen LogP contribution in [0.4, 0.5) is 14.5 Å². The number of ether oxygens (including phenoxy) is 1. The lowest BCUT2D eigenvalue weighted by atomic mass is 9.78. The quantitative estimate of drug-likeness (QED) is 0.467. The number of hydroxylamine groups is 1. The van der Waals surface area contributed by atoms with E-state index in [2.05, 4.69) is 20.0 Å². The number of nitrogens with one attached hydrogen (secondary N) is 1. The van der Waals surface area contributed by atoms with Gasteiger partial charge in [0.2, 0.25) is 0 Å². The number of carbonyl (C=O) groups excluding carboxylic acids is 1. The van der Waals surface area contributed by atoms with E-state index in [9.17, 15) is 13.6 Å². The number of pyridine rings is 1. The minimum absolute atomic E-state index is 0.0760. The molecule has 0 atom stereocenters. The molecule has 2 aliphatic heterocycles. The van der Waals surface area contributed by atoms with Crippen LogP contribution in [0.3, 0.4) is 0 Å². The molecule has 2 aromatic heterocycles. The Morgan fingerprint density at radius 3 is 2.58 bits per heavy atom. The van der Waals surface area contributed by atoms with Gasteiger partial charge in [0.05, 0.1) is 36.1 Å². The zero-order chi connectivity index (χ0) is 21.6. The van der Waals surface area contributed by atoms with Crippen LogP contribution in [0.5, 0.6) is 0 Å². The third kappa shape index (κ3) is 3.51. The van der Waals surface area contributed by atoms with Crippen LogP contribution in [-0.2, 0) is 11.2 Å². The van der Waals surface area contributed by atoms with E-state index >= 15 is 0 Å². The average Bonchev–Trinajstić information content (AvgIpc) is 3.17. The molecule has 11 heteroatoms. The van der Waals surface area contributed by atoms with Crippen molar-refractivity contribution in [3.05, 3.63) is 59.2 Å². The summed E-state index contributed by atoms with van der Waals surface area (Å²) in [5.74, 6) is -2.67. The maximum absolute atomic E-state index is 14.3. The third-order valence-corrected chi connectivity index (χ3v) is 5.51. The molecule has 0 unspecified atom stereocenters. The van der Waals surface area contributed by atoms with Crippen molar-refractivity contribution in [1.82, 2.24) is 20.6 Å². The molecule has 1 amide bonds. The van der Waals surface area contributed by atoms with Gasteiger partial charge in [0.1, 0.15) is 11.6 Å². The molecule has 31 heavy (non-hydrogen) atoms. The summed E-state index contributed by atoms with van der Waals surface area (Å²) in [6, 6.07) is 3.52. The summed E-state index contributed by atoms with van der Waals surface area (Å²) in [5.41, 5.74) is 2.44. The summed E-state index contributed by atoms with van der Waals surface area (Å²) < 4.78 is 39.1. The second-order valence-corrected chi connectivity index (χ2v) is 7.83. The Hall–Kier alpha value is -3.44. The van der Waals surface area contributed by atoms with Gasteiger partial charge in [-0.05, 0) is 18.2 Å². The van der Waals surface area contributed by atoms with E-state index < -0.39 is 17.5 Å². The van der Waals surface area contributed by atoms with Crippen LogP contribution in [-0.4, -0.2) is 52.5 Å². The van der Waals surface area contributed by atoms with Crippen molar-refractivity contribution in [3.63, 3.8) is 0 Å². The van der Waals surface area contributed by atoms with Gasteiger partial charge in [0, 0.05) is 36.8 Å². The Bertz CT molecular complexity index is 1130. The van der Waals surface area contributed by atoms with Crippen LogP contribution < -0.4 is 10.4 Å². The summed E-state index contributed by atoms with van der Waals surface area (Å²) in [7, 11) is 0. The Labute approximate surface area is 174 Å². The molecule has 0 radical (unpaired) electrons. The number of amides is 1. The van der Waals surface area contributed by atoms with Crippen LogP contribution in [0.1, 0.15) is 21.7 Å². The zero-order valence-corrected chi connectivity index (χ0v) is 16.1. The average molecular weight is 429 g/mol. The first-order valence-corrected chi connectivity index (χ1v) is 9.49. The molecule has 2 fully saturated rings. The van der Waals surface area contributed by atoms with Gasteiger partial charge >= 0.3 is 0 Å². The highest BCUT2D eigenvalue weighted by Crippen LogP contribution is 2.40. The molecule has 9 nitrogen and oxygen atoms in total. The number of carbonyl (C=O) groups is 1. The second-order valence-electron chi connectivity index (χ2n) is 7.83. The van der Waals surface area contributed by atoms with Crippen LogP contribution >= 0.6 is 0 Å². The molecular weight excluding hydrogens is 412 g/mol. The summed E-state index contributed by atoms with van der Waals surface area (Å²) in [6.45, 7) is 3.36. The number of rotatable bonds is 5. The van der Waals surface area contributed by atoms with E-state index in [1.807, 2.05) is 6.07 Å². The van der Waals surface area contributed by atoms with Crippen molar-refractivity contribution in [2.45, 2.75) is 6.42 Å². The Balaban J connectivity index is 1.33. The van der Waals surface area contributed by atoms with Crippen LogP contribution in [0, 0.1) is 17.0 Å². The van der Waals surface area contributed by atoms with E-state index in [0.717, 1.165) is 44.1 Å². The van der Waals surface area contributed by atoms with E-state index in [4.69, 9.17) is 14.5 Å². The highest BCUT2D eigenvalue weighted by atomic mass is 19.1. The molecule has 2 N–H and O–H groups in total. The van der Waals surface area contributed by atoms with Crippen molar-refractivity contribution in [1.29, 1.82) is 0 Å². The molecule has 1 spiro atoms. The summed E-state index contributed by atoms with van der Waals surface area (Å²) in [6.07, 6.45) is 3.05. The van der Waals surface area contributed by atoms with Gasteiger partial charge in [0.15, 0.2) is 5.82 Å². The lowest BCUT2D eigenvalue weighted by molar-refractivity contribution is -0.127. The summed E-state index contributed by atoms with van der Waals surface area (Å²) in [5, 5.41) is 12.4. The summed E-state index contributed by atoms with van der Waals surface area (Å²) >= 11 is 0. The molecule has 3 aromatic rings. The first kappa shape index (κ1) is 19.5. The molecule has 5 rings (SSSR count). The first-order chi connectivity index (χ1) is 15.0. The largest absolute Gasteiger partial charge is 0.380 e. The molecule has 4 heterocycles. The van der Waals surface area contributed by atoms with Crippen LogP contribution in [0.25, 0.3) is 11.5 Å². The molecule has 1 aromatic carbocycles. The van der Waals surface area contributed by atoms with Gasteiger partial charge < -0.3 is 14.2 Å². The highest BCUT2D eigenvalue weighted by Gasteiger charge is 2.49. The van der Waals surface area contributed by atoms with Crippen LogP contribution in [0.2, 0.25) is 0 Å². The van der Waals surface area contributed by atoms with E-state index in [-0.39, 0.29) is 34.7 Å². The van der Waals surface area contributed by atoms with Crippen molar-refractivity contribution in [3.8, 4) is 11.5 Å².